The maximum atomic E-state index is 9.31. The SMILES string of the molecule is COc1ccc(B(O)O)c(CSc2nncs2)c1. The van der Waals surface area contributed by atoms with Crippen LogP contribution in [0.25, 0.3) is 0 Å². The van der Waals surface area contributed by atoms with Crippen LogP contribution >= 0.6 is 23.1 Å². The second kappa shape index (κ2) is 6.19. The summed E-state index contributed by atoms with van der Waals surface area (Å²) in [7, 11) is 0.0902. The van der Waals surface area contributed by atoms with E-state index in [9.17, 15) is 10.0 Å². The summed E-state index contributed by atoms with van der Waals surface area (Å²) in [6.07, 6.45) is 0. The van der Waals surface area contributed by atoms with E-state index in [-0.39, 0.29) is 0 Å². The fraction of sp³-hybridized carbons (Fsp3) is 0.200. The Morgan fingerprint density at radius 2 is 2.28 bits per heavy atom. The minimum atomic E-state index is -1.49. The lowest BCUT2D eigenvalue weighted by molar-refractivity contribution is 0.413. The van der Waals surface area contributed by atoms with Gasteiger partial charge in [0.25, 0.3) is 0 Å². The molecule has 2 rings (SSSR count). The topological polar surface area (TPSA) is 75.5 Å². The van der Waals surface area contributed by atoms with Crippen LogP contribution in [0.15, 0.2) is 28.0 Å². The van der Waals surface area contributed by atoms with Gasteiger partial charge in [-0.1, -0.05) is 29.2 Å². The molecular formula is C10H11BN2O3S2. The third kappa shape index (κ3) is 3.23. The summed E-state index contributed by atoms with van der Waals surface area (Å²) >= 11 is 2.95. The standard InChI is InChI=1S/C10H11BN2O3S2/c1-16-8-2-3-9(11(14)15)7(4-8)5-17-10-13-12-6-18-10/h2-4,6,14-15H,5H2,1H3. The Hall–Kier alpha value is -1.09. The molecule has 0 saturated heterocycles. The highest BCUT2D eigenvalue weighted by atomic mass is 32.2. The van der Waals surface area contributed by atoms with Crippen molar-refractivity contribution >= 4 is 35.7 Å². The van der Waals surface area contributed by atoms with E-state index < -0.39 is 7.12 Å². The number of ether oxygens (including phenoxy) is 1. The van der Waals surface area contributed by atoms with Crippen LogP contribution in [0.2, 0.25) is 0 Å². The molecule has 1 heterocycles. The zero-order valence-electron chi connectivity index (χ0n) is 9.61. The fourth-order valence-electron chi connectivity index (χ4n) is 1.45. The van der Waals surface area contributed by atoms with Crippen molar-refractivity contribution in [1.29, 1.82) is 0 Å². The lowest BCUT2D eigenvalue weighted by atomic mass is 9.77. The molecule has 0 unspecified atom stereocenters. The summed E-state index contributed by atoms with van der Waals surface area (Å²) in [6.45, 7) is 0. The highest BCUT2D eigenvalue weighted by Crippen LogP contribution is 2.24. The molecule has 0 radical (unpaired) electrons. The summed E-state index contributed by atoms with van der Waals surface area (Å²) in [4.78, 5) is 0. The van der Waals surface area contributed by atoms with Crippen molar-refractivity contribution in [1.82, 2.24) is 10.2 Å². The fourth-order valence-corrected chi connectivity index (χ4v) is 2.94. The molecule has 0 spiro atoms. The molecule has 18 heavy (non-hydrogen) atoms. The van der Waals surface area contributed by atoms with Crippen LogP contribution < -0.4 is 10.2 Å². The van der Waals surface area contributed by atoms with E-state index in [4.69, 9.17) is 4.74 Å². The van der Waals surface area contributed by atoms with Gasteiger partial charge in [-0.15, -0.1) is 10.2 Å². The molecule has 2 aromatic rings. The second-order valence-corrected chi connectivity index (χ2v) is 5.49. The predicted octanol–water partition coefficient (Wildman–Crippen LogP) is 0.519. The van der Waals surface area contributed by atoms with Crippen molar-refractivity contribution in [2.24, 2.45) is 0 Å². The Balaban J connectivity index is 2.18. The summed E-state index contributed by atoms with van der Waals surface area (Å²) in [5.74, 6) is 1.27. The largest absolute Gasteiger partial charge is 0.497 e. The smallest absolute Gasteiger partial charge is 0.488 e. The first-order chi connectivity index (χ1) is 8.70. The lowest BCUT2D eigenvalue weighted by Crippen LogP contribution is -2.32. The maximum Gasteiger partial charge on any atom is 0.488 e. The van der Waals surface area contributed by atoms with E-state index in [0.717, 1.165) is 9.90 Å². The van der Waals surface area contributed by atoms with Crippen molar-refractivity contribution in [3.63, 3.8) is 0 Å². The summed E-state index contributed by atoms with van der Waals surface area (Å²) in [5.41, 5.74) is 2.95. The molecular weight excluding hydrogens is 271 g/mol. The quantitative estimate of drug-likeness (QED) is 0.615. The van der Waals surface area contributed by atoms with Gasteiger partial charge in [-0.3, -0.25) is 0 Å². The van der Waals surface area contributed by atoms with Gasteiger partial charge in [0.1, 0.15) is 11.3 Å². The zero-order valence-corrected chi connectivity index (χ0v) is 11.2. The number of rotatable bonds is 5. The molecule has 0 atom stereocenters. The highest BCUT2D eigenvalue weighted by Gasteiger charge is 2.17. The van der Waals surface area contributed by atoms with Gasteiger partial charge in [0.2, 0.25) is 0 Å². The Morgan fingerprint density at radius 3 is 2.89 bits per heavy atom. The number of hydrogen-bond acceptors (Lipinski definition) is 7. The van der Waals surface area contributed by atoms with E-state index in [0.29, 0.717) is 17.0 Å². The Morgan fingerprint density at radius 1 is 1.44 bits per heavy atom. The van der Waals surface area contributed by atoms with Crippen LogP contribution in [-0.2, 0) is 5.75 Å². The Kier molecular flexibility index (Phi) is 4.59. The van der Waals surface area contributed by atoms with Gasteiger partial charge in [0.05, 0.1) is 7.11 Å². The molecule has 5 nitrogen and oxygen atoms in total. The maximum absolute atomic E-state index is 9.31. The first-order valence-electron chi connectivity index (χ1n) is 5.12. The minimum Gasteiger partial charge on any atom is -0.497 e. The van der Waals surface area contributed by atoms with E-state index in [1.165, 1.54) is 23.1 Å². The molecule has 0 aliphatic carbocycles. The van der Waals surface area contributed by atoms with Crippen LogP contribution in [0.4, 0.5) is 0 Å². The monoisotopic (exact) mass is 282 g/mol. The van der Waals surface area contributed by atoms with Crippen molar-refractivity contribution in [3.8, 4) is 5.75 Å². The normalized spacial score (nSPS) is 10.4. The van der Waals surface area contributed by atoms with Gasteiger partial charge < -0.3 is 14.8 Å². The molecule has 0 amide bonds. The van der Waals surface area contributed by atoms with E-state index in [1.54, 1.807) is 30.8 Å². The average Bonchev–Trinajstić information content (AvgIpc) is 2.88. The number of benzene rings is 1. The average molecular weight is 282 g/mol. The molecule has 0 aliphatic rings. The first kappa shape index (κ1) is 13.3. The van der Waals surface area contributed by atoms with Crippen LogP contribution in [0, 0.1) is 0 Å². The number of methoxy groups -OCH3 is 1. The lowest BCUT2D eigenvalue weighted by Gasteiger charge is -2.09. The van der Waals surface area contributed by atoms with Crippen LogP contribution in [0.5, 0.6) is 5.75 Å². The van der Waals surface area contributed by atoms with Gasteiger partial charge in [-0.25, -0.2) is 0 Å². The summed E-state index contributed by atoms with van der Waals surface area (Å²) in [5, 5.41) is 26.3. The van der Waals surface area contributed by atoms with Crippen molar-refractivity contribution in [3.05, 3.63) is 29.3 Å². The second-order valence-electron chi connectivity index (χ2n) is 3.43. The molecule has 94 valence electrons. The van der Waals surface area contributed by atoms with Gasteiger partial charge in [0, 0.05) is 5.75 Å². The van der Waals surface area contributed by atoms with Gasteiger partial charge in [-0.05, 0) is 23.2 Å². The van der Waals surface area contributed by atoms with Crippen molar-refractivity contribution < 1.29 is 14.8 Å². The molecule has 2 N–H and O–H groups in total. The zero-order chi connectivity index (χ0) is 13.0. The molecule has 8 heteroatoms. The number of thioether (sulfide) groups is 1. The number of aromatic nitrogens is 2. The molecule has 1 aromatic carbocycles. The Labute approximate surface area is 113 Å². The van der Waals surface area contributed by atoms with Crippen LogP contribution in [-0.4, -0.2) is 34.5 Å². The highest BCUT2D eigenvalue weighted by molar-refractivity contribution is 8.00. The third-order valence-corrected chi connectivity index (χ3v) is 4.23. The summed E-state index contributed by atoms with van der Waals surface area (Å²) in [6, 6.07) is 5.15. The van der Waals surface area contributed by atoms with E-state index in [1.807, 2.05) is 0 Å². The Bertz CT molecular complexity index is 508. The number of hydrogen-bond donors (Lipinski definition) is 2. The van der Waals surface area contributed by atoms with Crippen LogP contribution in [0.3, 0.4) is 0 Å². The number of nitrogens with zero attached hydrogens (tertiary/aromatic N) is 2. The molecule has 0 fully saturated rings. The van der Waals surface area contributed by atoms with Crippen molar-refractivity contribution in [2.45, 2.75) is 10.1 Å². The third-order valence-electron chi connectivity index (χ3n) is 2.32. The molecule has 0 aliphatic heterocycles. The van der Waals surface area contributed by atoms with Gasteiger partial charge >= 0.3 is 7.12 Å². The molecule has 1 aromatic heterocycles. The van der Waals surface area contributed by atoms with Crippen molar-refractivity contribution in [2.75, 3.05) is 7.11 Å². The van der Waals surface area contributed by atoms with Gasteiger partial charge in [-0.2, -0.15) is 0 Å². The van der Waals surface area contributed by atoms with E-state index >= 15 is 0 Å². The predicted molar refractivity (Wildman–Crippen MR) is 72.3 cm³/mol. The molecule has 0 saturated carbocycles. The molecule has 0 bridgehead atoms. The summed E-state index contributed by atoms with van der Waals surface area (Å²) < 4.78 is 5.97. The first-order valence-corrected chi connectivity index (χ1v) is 6.99. The van der Waals surface area contributed by atoms with Crippen LogP contribution in [0.1, 0.15) is 5.56 Å². The minimum absolute atomic E-state index is 0.479. The van der Waals surface area contributed by atoms with E-state index in [2.05, 4.69) is 10.2 Å². The van der Waals surface area contributed by atoms with Gasteiger partial charge in [0.15, 0.2) is 4.34 Å².